The van der Waals surface area contributed by atoms with Crippen LogP contribution in [0.1, 0.15) is 30.6 Å². The van der Waals surface area contributed by atoms with Gasteiger partial charge in [-0.25, -0.2) is 0 Å². The van der Waals surface area contributed by atoms with Crippen molar-refractivity contribution < 1.29 is 9.90 Å². The number of aliphatic hydroxyl groups is 1. The number of hydrogen-bond acceptors (Lipinski definition) is 3. The average Bonchev–Trinajstić information content (AvgIpc) is 2.98. The molecule has 1 saturated carbocycles. The molecule has 0 aromatic carbocycles. The highest BCUT2D eigenvalue weighted by molar-refractivity contribution is 7.10. The van der Waals surface area contributed by atoms with E-state index >= 15 is 0 Å². The van der Waals surface area contributed by atoms with E-state index in [1.54, 1.807) is 11.3 Å². The molecule has 0 saturated heterocycles. The first-order chi connectivity index (χ1) is 7.74. The van der Waals surface area contributed by atoms with Gasteiger partial charge in [-0.05, 0) is 31.2 Å². The van der Waals surface area contributed by atoms with Crippen LogP contribution in [0.25, 0.3) is 0 Å². The normalized spacial score (nSPS) is 17.1. The summed E-state index contributed by atoms with van der Waals surface area (Å²) in [6, 6.07) is 4.34. The van der Waals surface area contributed by atoms with E-state index in [1.807, 2.05) is 29.3 Å². The van der Waals surface area contributed by atoms with E-state index in [9.17, 15) is 4.79 Å². The Morgan fingerprint density at radius 2 is 2.44 bits per heavy atom. The Morgan fingerprint density at radius 3 is 2.94 bits per heavy atom. The molecule has 0 aliphatic heterocycles. The van der Waals surface area contributed by atoms with Gasteiger partial charge in [0.2, 0.25) is 5.91 Å². The lowest BCUT2D eigenvalue weighted by atomic mass is 10.1. The molecule has 0 spiro atoms. The maximum atomic E-state index is 12.2. The second kappa shape index (κ2) is 4.97. The van der Waals surface area contributed by atoms with E-state index in [0.29, 0.717) is 12.6 Å². The molecular weight excluding hydrogens is 222 g/mol. The molecule has 1 aromatic rings. The summed E-state index contributed by atoms with van der Waals surface area (Å²) in [7, 11) is 0. The highest BCUT2D eigenvalue weighted by atomic mass is 32.1. The standard InChI is InChI=1S/C12H17NO2S/c1-9(11-3-2-8-16-11)12(15)13(6-7-14)10-4-5-10/h2-3,8-10,14H,4-7H2,1H3. The Bertz CT molecular complexity index is 346. The van der Waals surface area contributed by atoms with Gasteiger partial charge < -0.3 is 10.0 Å². The predicted octanol–water partition coefficient (Wildman–Crippen LogP) is 1.83. The van der Waals surface area contributed by atoms with Crippen molar-refractivity contribution in [1.82, 2.24) is 4.90 Å². The average molecular weight is 239 g/mol. The molecule has 1 aromatic heterocycles. The number of aliphatic hydroxyl groups excluding tert-OH is 1. The number of nitrogens with zero attached hydrogens (tertiary/aromatic N) is 1. The minimum atomic E-state index is -0.0767. The molecule has 1 heterocycles. The zero-order chi connectivity index (χ0) is 11.5. The van der Waals surface area contributed by atoms with Gasteiger partial charge in [0.25, 0.3) is 0 Å². The van der Waals surface area contributed by atoms with Crippen LogP contribution in [0.5, 0.6) is 0 Å². The summed E-state index contributed by atoms with van der Waals surface area (Å²) >= 11 is 1.62. The van der Waals surface area contributed by atoms with Crippen LogP contribution in [-0.2, 0) is 4.79 Å². The summed E-state index contributed by atoms with van der Waals surface area (Å²) in [5.41, 5.74) is 0. The molecular formula is C12H17NO2S. The number of carbonyl (C=O) groups is 1. The van der Waals surface area contributed by atoms with Crippen molar-refractivity contribution in [2.45, 2.75) is 31.7 Å². The Morgan fingerprint density at radius 1 is 1.69 bits per heavy atom. The fraction of sp³-hybridized carbons (Fsp3) is 0.583. The largest absolute Gasteiger partial charge is 0.395 e. The summed E-state index contributed by atoms with van der Waals surface area (Å²) < 4.78 is 0. The first-order valence-corrected chi connectivity index (χ1v) is 6.56. The van der Waals surface area contributed by atoms with E-state index in [1.165, 1.54) is 0 Å². The molecule has 1 atom stereocenters. The fourth-order valence-electron chi connectivity index (χ4n) is 1.87. The van der Waals surface area contributed by atoms with Crippen LogP contribution < -0.4 is 0 Å². The zero-order valence-corrected chi connectivity index (χ0v) is 10.2. The quantitative estimate of drug-likeness (QED) is 0.851. The monoisotopic (exact) mass is 239 g/mol. The number of carbonyl (C=O) groups excluding carboxylic acids is 1. The van der Waals surface area contributed by atoms with Crippen LogP contribution in [0.3, 0.4) is 0 Å². The Balaban J connectivity index is 2.04. The van der Waals surface area contributed by atoms with Crippen molar-refractivity contribution in [2.75, 3.05) is 13.2 Å². The number of thiophene rings is 1. The molecule has 1 amide bonds. The van der Waals surface area contributed by atoms with E-state index in [0.717, 1.165) is 17.7 Å². The minimum Gasteiger partial charge on any atom is -0.395 e. The third-order valence-corrected chi connectivity index (χ3v) is 4.01. The first-order valence-electron chi connectivity index (χ1n) is 5.68. The SMILES string of the molecule is CC(C(=O)N(CCO)C1CC1)c1cccs1. The maximum absolute atomic E-state index is 12.2. The van der Waals surface area contributed by atoms with E-state index in [4.69, 9.17) is 5.11 Å². The summed E-state index contributed by atoms with van der Waals surface area (Å²) in [6.07, 6.45) is 2.17. The molecule has 0 bridgehead atoms. The summed E-state index contributed by atoms with van der Waals surface area (Å²) in [5, 5.41) is 11.0. The minimum absolute atomic E-state index is 0.0550. The summed E-state index contributed by atoms with van der Waals surface area (Å²) in [5.74, 6) is 0.0751. The zero-order valence-electron chi connectivity index (χ0n) is 9.43. The lowest BCUT2D eigenvalue weighted by Gasteiger charge is -2.24. The van der Waals surface area contributed by atoms with Gasteiger partial charge in [-0.1, -0.05) is 6.07 Å². The third-order valence-electron chi connectivity index (χ3n) is 2.95. The van der Waals surface area contributed by atoms with Crippen LogP contribution in [-0.4, -0.2) is 35.1 Å². The lowest BCUT2D eigenvalue weighted by Crippen LogP contribution is -2.38. The van der Waals surface area contributed by atoms with E-state index in [2.05, 4.69) is 0 Å². The molecule has 1 aliphatic rings. The maximum Gasteiger partial charge on any atom is 0.230 e. The molecule has 3 nitrogen and oxygen atoms in total. The van der Waals surface area contributed by atoms with Gasteiger partial charge >= 0.3 is 0 Å². The third kappa shape index (κ3) is 2.44. The first kappa shape index (κ1) is 11.6. The Labute approximate surface area is 99.7 Å². The molecule has 2 rings (SSSR count). The second-order valence-corrected chi connectivity index (χ2v) is 5.20. The Hall–Kier alpha value is -0.870. The van der Waals surface area contributed by atoms with Crippen molar-refractivity contribution in [3.63, 3.8) is 0 Å². The van der Waals surface area contributed by atoms with Crippen LogP contribution in [0.15, 0.2) is 17.5 Å². The summed E-state index contributed by atoms with van der Waals surface area (Å²) in [6.45, 7) is 2.47. The molecule has 4 heteroatoms. The van der Waals surface area contributed by atoms with Gasteiger partial charge in [-0.15, -0.1) is 11.3 Å². The van der Waals surface area contributed by atoms with Crippen LogP contribution in [0.4, 0.5) is 0 Å². The number of hydrogen-bond donors (Lipinski definition) is 1. The van der Waals surface area contributed by atoms with Gasteiger partial charge in [0.15, 0.2) is 0 Å². The number of amides is 1. The molecule has 1 aliphatic carbocycles. The second-order valence-electron chi connectivity index (χ2n) is 4.22. The van der Waals surface area contributed by atoms with Crippen molar-refractivity contribution in [1.29, 1.82) is 0 Å². The number of rotatable bonds is 5. The Kier molecular flexibility index (Phi) is 3.61. The van der Waals surface area contributed by atoms with Crippen LogP contribution in [0.2, 0.25) is 0 Å². The smallest absolute Gasteiger partial charge is 0.230 e. The van der Waals surface area contributed by atoms with Gasteiger partial charge in [0, 0.05) is 17.5 Å². The molecule has 1 N–H and O–H groups in total. The molecule has 1 unspecified atom stereocenters. The van der Waals surface area contributed by atoms with Crippen molar-refractivity contribution >= 4 is 17.2 Å². The van der Waals surface area contributed by atoms with Gasteiger partial charge in [-0.2, -0.15) is 0 Å². The molecule has 1 fully saturated rings. The van der Waals surface area contributed by atoms with Gasteiger partial charge in [0.05, 0.1) is 12.5 Å². The van der Waals surface area contributed by atoms with E-state index < -0.39 is 0 Å². The molecule has 16 heavy (non-hydrogen) atoms. The van der Waals surface area contributed by atoms with Gasteiger partial charge in [0.1, 0.15) is 0 Å². The van der Waals surface area contributed by atoms with E-state index in [-0.39, 0.29) is 18.4 Å². The highest BCUT2D eigenvalue weighted by Crippen LogP contribution is 2.31. The predicted molar refractivity (Wildman–Crippen MR) is 64.6 cm³/mol. The van der Waals surface area contributed by atoms with Crippen molar-refractivity contribution in [2.24, 2.45) is 0 Å². The topological polar surface area (TPSA) is 40.5 Å². The van der Waals surface area contributed by atoms with Gasteiger partial charge in [-0.3, -0.25) is 4.79 Å². The van der Waals surface area contributed by atoms with Crippen LogP contribution in [0, 0.1) is 0 Å². The van der Waals surface area contributed by atoms with Crippen molar-refractivity contribution in [3.05, 3.63) is 22.4 Å². The highest BCUT2D eigenvalue weighted by Gasteiger charge is 2.34. The lowest BCUT2D eigenvalue weighted by molar-refractivity contribution is -0.133. The van der Waals surface area contributed by atoms with Crippen LogP contribution >= 0.6 is 11.3 Å². The summed E-state index contributed by atoms with van der Waals surface area (Å²) in [4.78, 5) is 15.2. The van der Waals surface area contributed by atoms with Crippen molar-refractivity contribution in [3.8, 4) is 0 Å². The molecule has 88 valence electrons. The fourth-order valence-corrected chi connectivity index (χ4v) is 2.65. The molecule has 0 radical (unpaired) electrons.